The third-order valence-corrected chi connectivity index (χ3v) is 1.69. The first-order valence-corrected chi connectivity index (χ1v) is 4.71. The van der Waals surface area contributed by atoms with E-state index in [1.165, 1.54) is 25.0 Å². The van der Waals surface area contributed by atoms with Gasteiger partial charge in [0.1, 0.15) is 0 Å². The van der Waals surface area contributed by atoms with E-state index < -0.39 is 0 Å². The fourth-order valence-corrected chi connectivity index (χ4v) is 1.04. The molecule has 0 bridgehead atoms. The maximum Gasteiger partial charge on any atom is 0.0143 e. The molecule has 0 aliphatic carbocycles. The maximum absolute atomic E-state index is 3.38. The van der Waals surface area contributed by atoms with Crippen LogP contribution in [-0.4, -0.2) is 6.54 Å². The highest BCUT2D eigenvalue weighted by Crippen LogP contribution is 1.94. The fourth-order valence-electron chi connectivity index (χ4n) is 1.04. The van der Waals surface area contributed by atoms with Crippen molar-refractivity contribution in [2.45, 2.75) is 46.5 Å². The molecule has 0 aromatic heterocycles. The van der Waals surface area contributed by atoms with E-state index in [0.29, 0.717) is 0 Å². The maximum atomic E-state index is 3.38. The van der Waals surface area contributed by atoms with Crippen molar-refractivity contribution in [2.75, 3.05) is 6.54 Å². The lowest BCUT2D eigenvalue weighted by Gasteiger charge is -2.04. The van der Waals surface area contributed by atoms with Crippen LogP contribution in [0.2, 0.25) is 0 Å². The molecule has 0 aromatic carbocycles. The van der Waals surface area contributed by atoms with Gasteiger partial charge in [-0.1, -0.05) is 32.8 Å². The molecule has 1 nitrogen and oxygen atoms in total. The number of rotatable bonds is 6. The first kappa shape index (κ1) is 10.5. The summed E-state index contributed by atoms with van der Waals surface area (Å²) in [6.07, 6.45) is 7.30. The summed E-state index contributed by atoms with van der Waals surface area (Å²) in [5, 5.41) is 3.38. The second-order valence-electron chi connectivity index (χ2n) is 2.93. The molecule has 66 valence electrons. The molecule has 0 atom stereocenters. The summed E-state index contributed by atoms with van der Waals surface area (Å²) in [5.74, 6) is 0. The van der Waals surface area contributed by atoms with Crippen LogP contribution in [0.15, 0.2) is 11.8 Å². The van der Waals surface area contributed by atoms with Gasteiger partial charge in [0.15, 0.2) is 0 Å². The summed E-state index contributed by atoms with van der Waals surface area (Å²) >= 11 is 0. The summed E-state index contributed by atoms with van der Waals surface area (Å²) in [5.41, 5.74) is 1.32. The molecule has 0 heterocycles. The highest BCUT2D eigenvalue weighted by Gasteiger charge is 1.86. The van der Waals surface area contributed by atoms with Crippen LogP contribution in [0, 0.1) is 0 Å². The standard InChI is InChI=1S/C10H21N/c1-4-6-7-9-11-10(3)8-5-2/h8,11H,4-7,9H2,1-3H3. The van der Waals surface area contributed by atoms with Crippen LogP contribution >= 0.6 is 0 Å². The predicted octanol–water partition coefficient (Wildman–Crippen LogP) is 3.08. The van der Waals surface area contributed by atoms with Crippen LogP contribution in [0.25, 0.3) is 0 Å². The van der Waals surface area contributed by atoms with E-state index in [0.717, 1.165) is 13.0 Å². The van der Waals surface area contributed by atoms with Crippen LogP contribution in [0.4, 0.5) is 0 Å². The second-order valence-corrected chi connectivity index (χ2v) is 2.93. The quantitative estimate of drug-likeness (QED) is 0.581. The van der Waals surface area contributed by atoms with Crippen molar-refractivity contribution < 1.29 is 0 Å². The predicted molar refractivity (Wildman–Crippen MR) is 51.6 cm³/mol. The van der Waals surface area contributed by atoms with Crippen molar-refractivity contribution in [3.05, 3.63) is 11.8 Å². The molecule has 0 aliphatic rings. The van der Waals surface area contributed by atoms with Crippen molar-refractivity contribution in [3.8, 4) is 0 Å². The molecule has 0 radical (unpaired) electrons. The van der Waals surface area contributed by atoms with Gasteiger partial charge in [-0.15, -0.1) is 0 Å². The minimum atomic E-state index is 1.13. The molecule has 1 N–H and O–H groups in total. The third kappa shape index (κ3) is 7.44. The second kappa shape index (κ2) is 7.64. The van der Waals surface area contributed by atoms with Gasteiger partial charge in [0.2, 0.25) is 0 Å². The number of hydrogen-bond donors (Lipinski definition) is 1. The molecule has 0 aliphatic heterocycles. The van der Waals surface area contributed by atoms with Crippen molar-refractivity contribution in [1.82, 2.24) is 5.32 Å². The van der Waals surface area contributed by atoms with Crippen LogP contribution < -0.4 is 5.32 Å². The number of allylic oxidation sites excluding steroid dienone is 2. The first-order valence-electron chi connectivity index (χ1n) is 4.71. The minimum absolute atomic E-state index is 1.13. The van der Waals surface area contributed by atoms with Gasteiger partial charge in [0.05, 0.1) is 0 Å². The van der Waals surface area contributed by atoms with Gasteiger partial charge in [-0.25, -0.2) is 0 Å². The van der Waals surface area contributed by atoms with Gasteiger partial charge in [-0.3, -0.25) is 0 Å². The zero-order valence-electron chi connectivity index (χ0n) is 8.11. The molecule has 0 saturated heterocycles. The van der Waals surface area contributed by atoms with Crippen molar-refractivity contribution in [2.24, 2.45) is 0 Å². The lowest BCUT2D eigenvalue weighted by atomic mass is 10.2. The van der Waals surface area contributed by atoms with E-state index >= 15 is 0 Å². The average Bonchev–Trinajstić information content (AvgIpc) is 1.99. The topological polar surface area (TPSA) is 12.0 Å². The van der Waals surface area contributed by atoms with Gasteiger partial charge in [0.25, 0.3) is 0 Å². The molecule has 0 aromatic rings. The van der Waals surface area contributed by atoms with Crippen LogP contribution in [0.5, 0.6) is 0 Å². The molecular weight excluding hydrogens is 134 g/mol. The lowest BCUT2D eigenvalue weighted by Crippen LogP contribution is -2.12. The Labute approximate surface area is 70.9 Å². The normalized spacial score (nSPS) is 11.7. The van der Waals surface area contributed by atoms with E-state index in [1.807, 2.05) is 0 Å². The van der Waals surface area contributed by atoms with Crippen molar-refractivity contribution in [3.63, 3.8) is 0 Å². The molecular formula is C10H21N. The van der Waals surface area contributed by atoms with Gasteiger partial charge >= 0.3 is 0 Å². The Morgan fingerprint density at radius 1 is 1.27 bits per heavy atom. The lowest BCUT2D eigenvalue weighted by molar-refractivity contribution is 0.666. The van der Waals surface area contributed by atoms with Crippen molar-refractivity contribution >= 4 is 0 Å². The van der Waals surface area contributed by atoms with E-state index in [-0.39, 0.29) is 0 Å². The molecule has 0 rings (SSSR count). The van der Waals surface area contributed by atoms with Gasteiger partial charge in [0, 0.05) is 12.2 Å². The zero-order valence-corrected chi connectivity index (χ0v) is 8.11. The number of hydrogen-bond acceptors (Lipinski definition) is 1. The van der Waals surface area contributed by atoms with E-state index in [4.69, 9.17) is 0 Å². The van der Waals surface area contributed by atoms with E-state index in [1.54, 1.807) is 0 Å². The molecule has 0 unspecified atom stereocenters. The van der Waals surface area contributed by atoms with E-state index in [2.05, 4.69) is 32.2 Å². The average molecular weight is 155 g/mol. The Kier molecular flexibility index (Phi) is 7.33. The first-order chi connectivity index (χ1) is 5.31. The highest BCUT2D eigenvalue weighted by molar-refractivity contribution is 4.93. The highest BCUT2D eigenvalue weighted by atomic mass is 14.9. The molecule has 0 fully saturated rings. The summed E-state index contributed by atoms with van der Waals surface area (Å²) in [7, 11) is 0. The Balaban J connectivity index is 3.17. The van der Waals surface area contributed by atoms with E-state index in [9.17, 15) is 0 Å². The largest absolute Gasteiger partial charge is 0.389 e. The Morgan fingerprint density at radius 2 is 2.00 bits per heavy atom. The molecule has 0 spiro atoms. The molecule has 0 saturated carbocycles. The summed E-state index contributed by atoms with van der Waals surface area (Å²) < 4.78 is 0. The monoisotopic (exact) mass is 155 g/mol. The Bertz CT molecular complexity index is 105. The third-order valence-electron chi connectivity index (χ3n) is 1.69. The van der Waals surface area contributed by atoms with Gasteiger partial charge < -0.3 is 5.32 Å². The molecule has 11 heavy (non-hydrogen) atoms. The van der Waals surface area contributed by atoms with Gasteiger partial charge in [-0.2, -0.15) is 0 Å². The molecule has 1 heteroatoms. The van der Waals surface area contributed by atoms with Crippen LogP contribution in [0.1, 0.15) is 46.5 Å². The SMILES string of the molecule is CCC=C(C)NCCCCC. The van der Waals surface area contributed by atoms with Gasteiger partial charge in [-0.05, 0) is 19.8 Å². The number of nitrogens with one attached hydrogen (secondary N) is 1. The summed E-state index contributed by atoms with van der Waals surface area (Å²) in [4.78, 5) is 0. The summed E-state index contributed by atoms with van der Waals surface area (Å²) in [6.45, 7) is 7.66. The number of unbranched alkanes of at least 4 members (excludes halogenated alkanes) is 2. The molecule has 0 amide bonds. The Hall–Kier alpha value is -0.460. The zero-order chi connectivity index (χ0) is 8.53. The van der Waals surface area contributed by atoms with Crippen LogP contribution in [0.3, 0.4) is 0 Å². The summed E-state index contributed by atoms with van der Waals surface area (Å²) in [6, 6.07) is 0. The Morgan fingerprint density at radius 3 is 2.55 bits per heavy atom. The van der Waals surface area contributed by atoms with Crippen LogP contribution in [-0.2, 0) is 0 Å². The van der Waals surface area contributed by atoms with Crippen molar-refractivity contribution in [1.29, 1.82) is 0 Å². The smallest absolute Gasteiger partial charge is 0.0143 e. The fraction of sp³-hybridized carbons (Fsp3) is 0.800. The minimum Gasteiger partial charge on any atom is -0.389 e.